The number of carbonyl (C=O) groups is 2. The normalized spacial score (nSPS) is 29.9. The van der Waals surface area contributed by atoms with Gasteiger partial charge in [0.25, 0.3) is 0 Å². The Balaban J connectivity index is 1.19. The van der Waals surface area contributed by atoms with E-state index in [1.54, 1.807) is 0 Å². The maximum Gasteiger partial charge on any atom is 0.522 e. The lowest BCUT2D eigenvalue weighted by molar-refractivity contribution is -0.357. The summed E-state index contributed by atoms with van der Waals surface area (Å²) in [6.07, 6.45) is -6.20. The van der Waals surface area contributed by atoms with Crippen molar-refractivity contribution in [3.05, 3.63) is 29.6 Å². The van der Waals surface area contributed by atoms with Crippen LogP contribution >= 0.6 is 0 Å². The van der Waals surface area contributed by atoms with Crippen molar-refractivity contribution in [2.45, 2.75) is 88.2 Å². The number of alkyl halides is 6. The van der Waals surface area contributed by atoms with Crippen molar-refractivity contribution in [3.8, 4) is 0 Å². The molecule has 2 bridgehead atoms. The third kappa shape index (κ3) is 6.28. The number of hydrogen-bond donors (Lipinski definition) is 2. The number of rotatable bonds is 8. The quantitative estimate of drug-likeness (QED) is 0.503. The molecule has 7 nitrogen and oxygen atoms in total. The Kier molecular flexibility index (Phi) is 7.26. The first-order valence-corrected chi connectivity index (χ1v) is 11.8. The van der Waals surface area contributed by atoms with Crippen LogP contribution in [0.1, 0.15) is 62.6 Å². The van der Waals surface area contributed by atoms with Crippen molar-refractivity contribution in [2.75, 3.05) is 6.61 Å². The molecule has 0 saturated heterocycles. The maximum absolute atomic E-state index is 12.9. The number of nitrogens with one attached hydrogen (secondary N) is 2. The van der Waals surface area contributed by atoms with E-state index >= 15 is 0 Å². The van der Waals surface area contributed by atoms with Gasteiger partial charge in [-0.25, -0.2) is 0 Å². The minimum absolute atomic E-state index is 0.0218. The van der Waals surface area contributed by atoms with Gasteiger partial charge >= 0.3 is 12.5 Å². The number of aromatic nitrogens is 1. The Bertz CT molecular complexity index is 936. The predicted molar refractivity (Wildman–Crippen MR) is 112 cm³/mol. The molecule has 2 N–H and O–H groups in total. The van der Waals surface area contributed by atoms with Gasteiger partial charge in [-0.05, 0) is 50.7 Å². The molecule has 4 aliphatic rings. The molecule has 0 aliphatic heterocycles. The van der Waals surface area contributed by atoms with Crippen LogP contribution in [-0.4, -0.2) is 47.5 Å². The van der Waals surface area contributed by atoms with Crippen molar-refractivity contribution in [2.24, 2.45) is 5.41 Å². The zero-order valence-electron chi connectivity index (χ0n) is 19.3. The molecule has 0 atom stereocenters. The van der Waals surface area contributed by atoms with Crippen molar-refractivity contribution in [1.82, 2.24) is 15.6 Å². The van der Waals surface area contributed by atoms with Gasteiger partial charge < -0.3 is 15.4 Å². The molecule has 13 heteroatoms. The minimum atomic E-state index is -4.68. The molecule has 1 aromatic rings. The highest BCUT2D eigenvalue weighted by atomic mass is 19.4. The molecule has 0 aromatic carbocycles. The Morgan fingerprint density at radius 2 is 1.61 bits per heavy atom. The van der Waals surface area contributed by atoms with Gasteiger partial charge in [0.1, 0.15) is 6.61 Å². The molecular weight excluding hydrogens is 496 g/mol. The summed E-state index contributed by atoms with van der Waals surface area (Å²) in [6, 6.07) is 2.16. The van der Waals surface area contributed by atoms with Crippen LogP contribution in [0.3, 0.4) is 0 Å². The Hall–Kier alpha value is -2.41. The van der Waals surface area contributed by atoms with Crippen molar-refractivity contribution >= 4 is 11.8 Å². The van der Waals surface area contributed by atoms with Crippen LogP contribution in [0.25, 0.3) is 0 Å². The highest BCUT2D eigenvalue weighted by molar-refractivity contribution is 5.83. The topological polar surface area (TPSA) is 89.5 Å². The Morgan fingerprint density at radius 1 is 0.972 bits per heavy atom. The molecule has 36 heavy (non-hydrogen) atoms. The molecular formula is C23H27F6N3O4. The summed E-state index contributed by atoms with van der Waals surface area (Å²) < 4.78 is 83.8. The monoisotopic (exact) mass is 523 g/mol. The number of nitrogens with zero attached hydrogens (tertiary/aromatic N) is 1. The zero-order valence-corrected chi connectivity index (χ0v) is 19.3. The molecule has 4 aliphatic carbocycles. The number of halogens is 6. The number of hydrogen-bond acceptors (Lipinski definition) is 5. The standard InChI is InChI=1S/C23H27F6N3O4/c24-22(25,26)14-1-2-15(30-11-14)12-31-19(34)20-3-6-21(7-4-20,8-5-20)32-18(33)13-35-16-9-17(10-16)36-23(27,28)29/h1-2,11,16-17H,3-10,12-13H2,(H,31,34)(H,32,33)/t16-,17+,20?,21?. The third-order valence-corrected chi connectivity index (χ3v) is 7.52. The average molecular weight is 523 g/mol. The third-order valence-electron chi connectivity index (χ3n) is 7.52. The van der Waals surface area contributed by atoms with Crippen LogP contribution < -0.4 is 10.6 Å². The number of ether oxygens (including phenoxy) is 2. The highest BCUT2D eigenvalue weighted by Crippen LogP contribution is 2.52. The molecule has 5 rings (SSSR count). The zero-order chi connectivity index (χ0) is 26.2. The Labute approximate surface area is 203 Å². The fourth-order valence-corrected chi connectivity index (χ4v) is 5.23. The maximum atomic E-state index is 12.9. The second-order valence-electron chi connectivity index (χ2n) is 9.92. The van der Waals surface area contributed by atoms with Crippen molar-refractivity contribution < 1.29 is 45.4 Å². The number of fused-ring (bicyclic) bond motifs is 3. The van der Waals surface area contributed by atoms with E-state index in [4.69, 9.17) is 4.74 Å². The molecule has 0 radical (unpaired) electrons. The lowest BCUT2D eigenvalue weighted by atomic mass is 9.57. The van der Waals surface area contributed by atoms with Gasteiger partial charge in [-0.3, -0.25) is 19.3 Å². The van der Waals surface area contributed by atoms with E-state index in [9.17, 15) is 35.9 Å². The summed E-state index contributed by atoms with van der Waals surface area (Å²) in [6.45, 7) is -0.231. The molecule has 1 heterocycles. The SMILES string of the molecule is O=C(CO[C@H]1C[C@@H](OC(F)(F)F)C1)NC12CCC(C(=O)NCc3ccc(C(F)(F)F)cn3)(CC1)CC2. The summed E-state index contributed by atoms with van der Waals surface area (Å²) in [5.74, 6) is -0.518. The van der Waals surface area contributed by atoms with Gasteiger partial charge in [0.15, 0.2) is 0 Å². The summed E-state index contributed by atoms with van der Waals surface area (Å²) >= 11 is 0. The van der Waals surface area contributed by atoms with E-state index in [0.717, 1.165) is 12.3 Å². The molecule has 2 amide bonds. The number of carbonyl (C=O) groups excluding carboxylic acids is 2. The lowest BCUT2D eigenvalue weighted by Crippen LogP contribution is -2.60. The van der Waals surface area contributed by atoms with Crippen molar-refractivity contribution in [1.29, 1.82) is 0 Å². The molecule has 4 fully saturated rings. The Morgan fingerprint density at radius 3 is 2.14 bits per heavy atom. The highest BCUT2D eigenvalue weighted by Gasteiger charge is 2.53. The fourth-order valence-electron chi connectivity index (χ4n) is 5.23. The largest absolute Gasteiger partial charge is 0.522 e. The van der Waals surface area contributed by atoms with E-state index < -0.39 is 41.3 Å². The first-order valence-electron chi connectivity index (χ1n) is 11.8. The number of amides is 2. The van der Waals surface area contributed by atoms with Gasteiger partial charge in [0, 0.05) is 30.0 Å². The molecule has 200 valence electrons. The van der Waals surface area contributed by atoms with Gasteiger partial charge in [0.2, 0.25) is 11.8 Å². The van der Waals surface area contributed by atoms with Crippen LogP contribution in [0.4, 0.5) is 26.3 Å². The van der Waals surface area contributed by atoms with Gasteiger partial charge in [0.05, 0.1) is 30.0 Å². The second-order valence-corrected chi connectivity index (χ2v) is 9.92. The van der Waals surface area contributed by atoms with Crippen LogP contribution in [0.15, 0.2) is 18.3 Å². The van der Waals surface area contributed by atoms with E-state index in [0.29, 0.717) is 44.2 Å². The molecule has 0 spiro atoms. The number of pyridine rings is 1. The van der Waals surface area contributed by atoms with Crippen LogP contribution in [-0.2, 0) is 31.8 Å². The van der Waals surface area contributed by atoms with Crippen LogP contribution in [0.2, 0.25) is 0 Å². The first kappa shape index (κ1) is 26.6. The van der Waals surface area contributed by atoms with Gasteiger partial charge in [-0.2, -0.15) is 13.2 Å². The summed E-state index contributed by atoms with van der Waals surface area (Å²) in [7, 11) is 0. The van der Waals surface area contributed by atoms with Crippen molar-refractivity contribution in [3.63, 3.8) is 0 Å². The molecule has 0 unspecified atom stereocenters. The molecule has 4 saturated carbocycles. The first-order chi connectivity index (χ1) is 16.8. The van der Waals surface area contributed by atoms with E-state index in [2.05, 4.69) is 20.4 Å². The fraction of sp³-hybridized carbons (Fsp3) is 0.696. The lowest BCUT2D eigenvalue weighted by Gasteiger charge is -2.52. The predicted octanol–water partition coefficient (Wildman–Crippen LogP) is 4.01. The average Bonchev–Trinajstić information content (AvgIpc) is 2.79. The second kappa shape index (κ2) is 9.81. The van der Waals surface area contributed by atoms with E-state index in [1.165, 1.54) is 6.07 Å². The summed E-state index contributed by atoms with van der Waals surface area (Å²) in [4.78, 5) is 29.1. The molecule has 1 aromatic heterocycles. The van der Waals surface area contributed by atoms with Gasteiger partial charge in [-0.1, -0.05) is 0 Å². The van der Waals surface area contributed by atoms with Crippen LogP contribution in [0, 0.1) is 5.41 Å². The van der Waals surface area contributed by atoms with Gasteiger partial charge in [-0.15, -0.1) is 13.2 Å². The smallest absolute Gasteiger partial charge is 0.368 e. The summed E-state index contributed by atoms with van der Waals surface area (Å²) in [5.41, 5.74) is -1.57. The van der Waals surface area contributed by atoms with Crippen LogP contribution in [0.5, 0.6) is 0 Å². The van der Waals surface area contributed by atoms with E-state index in [1.807, 2.05) is 0 Å². The van der Waals surface area contributed by atoms with E-state index in [-0.39, 0.29) is 37.8 Å². The summed E-state index contributed by atoms with van der Waals surface area (Å²) in [5, 5.41) is 5.78. The minimum Gasteiger partial charge on any atom is -0.368 e.